The van der Waals surface area contributed by atoms with Crippen molar-refractivity contribution < 1.29 is 4.57 Å². The van der Waals surface area contributed by atoms with Crippen molar-refractivity contribution >= 4 is 17.2 Å². The van der Waals surface area contributed by atoms with E-state index >= 15 is 0 Å². The number of imidazole rings is 1. The van der Waals surface area contributed by atoms with Crippen molar-refractivity contribution in [2.45, 2.75) is 13.5 Å². The van der Waals surface area contributed by atoms with Crippen LogP contribution in [0.25, 0.3) is 11.0 Å². The Morgan fingerprint density at radius 1 is 1.05 bits per heavy atom. The van der Waals surface area contributed by atoms with Gasteiger partial charge in [-0.3, -0.25) is 0 Å². The van der Waals surface area contributed by atoms with Crippen LogP contribution in [0, 0.1) is 0 Å². The van der Waals surface area contributed by atoms with Gasteiger partial charge in [0, 0.05) is 0 Å². The smallest absolute Gasteiger partial charge is 0.228 e. The summed E-state index contributed by atoms with van der Waals surface area (Å²) < 4.78 is 4.11. The Kier molecular flexibility index (Phi) is 3.11. The Labute approximate surface area is 112 Å². The monoisotopic (exact) mass is 250 g/mol. The summed E-state index contributed by atoms with van der Waals surface area (Å²) >= 11 is 0. The van der Waals surface area contributed by atoms with Crippen LogP contribution in [-0.2, 0) is 6.54 Å². The minimum absolute atomic E-state index is 0.939. The predicted molar refractivity (Wildman–Crippen MR) is 77.2 cm³/mol. The van der Waals surface area contributed by atoms with Gasteiger partial charge in [-0.25, -0.2) is 4.57 Å². The summed E-state index contributed by atoms with van der Waals surface area (Å²) in [5.41, 5.74) is 3.43. The van der Waals surface area contributed by atoms with Gasteiger partial charge in [0.1, 0.15) is 0 Å². The number of fused-ring (bicyclic) bond motifs is 1. The summed E-state index contributed by atoms with van der Waals surface area (Å²) in [4.78, 5) is 0. The normalized spacial score (nSPS) is 11.4. The van der Waals surface area contributed by atoms with Gasteiger partial charge in [0.25, 0.3) is 6.33 Å². The van der Waals surface area contributed by atoms with Crippen molar-refractivity contribution in [3.8, 4) is 0 Å². The van der Waals surface area contributed by atoms with Crippen LogP contribution in [0.4, 0.5) is 0 Å². The zero-order valence-corrected chi connectivity index (χ0v) is 10.9. The van der Waals surface area contributed by atoms with Gasteiger partial charge in [0.2, 0.25) is 5.52 Å². The summed E-state index contributed by atoms with van der Waals surface area (Å²) in [5.74, 6) is 0. The van der Waals surface area contributed by atoms with E-state index in [1.165, 1.54) is 5.52 Å². The molecule has 0 unspecified atom stereocenters. The fraction of sp³-hybridized carbons (Fsp3) is 0.125. The molecule has 0 fully saturated rings. The minimum Gasteiger partial charge on any atom is -0.228 e. The fourth-order valence-corrected chi connectivity index (χ4v) is 2.17. The molecule has 3 aromatic rings. The van der Waals surface area contributed by atoms with E-state index in [2.05, 4.69) is 34.8 Å². The molecule has 0 saturated carbocycles. The van der Waals surface area contributed by atoms with Gasteiger partial charge < -0.3 is 0 Å². The molecular formula is C16H16N3+. The standard InChI is InChI=1S/C16H16N3/c1-2-18-13-19(16-11-7-6-10-15(16)18)17-12-14-8-4-3-5-9-14/h3-13H,2H2,1H3/q+1. The number of aromatic nitrogens is 2. The highest BCUT2D eigenvalue weighted by Crippen LogP contribution is 2.10. The van der Waals surface area contributed by atoms with Crippen molar-refractivity contribution in [1.29, 1.82) is 0 Å². The van der Waals surface area contributed by atoms with Crippen molar-refractivity contribution in [2.75, 3.05) is 0 Å². The van der Waals surface area contributed by atoms with E-state index in [4.69, 9.17) is 0 Å². The van der Waals surface area contributed by atoms with Crippen molar-refractivity contribution in [3.63, 3.8) is 0 Å². The molecule has 0 amide bonds. The number of aryl methyl sites for hydroxylation is 1. The van der Waals surface area contributed by atoms with Gasteiger partial charge in [-0.05, 0) is 24.6 Å². The van der Waals surface area contributed by atoms with Crippen molar-refractivity contribution in [3.05, 3.63) is 66.5 Å². The maximum Gasteiger partial charge on any atom is 0.270 e. The molecule has 0 aliphatic heterocycles. The van der Waals surface area contributed by atoms with E-state index in [9.17, 15) is 0 Å². The molecule has 0 aliphatic carbocycles. The van der Waals surface area contributed by atoms with Crippen LogP contribution in [0.3, 0.4) is 0 Å². The van der Waals surface area contributed by atoms with Gasteiger partial charge in [0.05, 0.1) is 12.8 Å². The van der Waals surface area contributed by atoms with Crippen molar-refractivity contribution in [1.82, 2.24) is 4.68 Å². The van der Waals surface area contributed by atoms with Crippen LogP contribution < -0.4 is 4.57 Å². The summed E-state index contributed by atoms with van der Waals surface area (Å²) in [6.45, 7) is 3.08. The first-order valence-corrected chi connectivity index (χ1v) is 6.47. The van der Waals surface area contributed by atoms with Gasteiger partial charge in [-0.15, -0.1) is 0 Å². The molecular weight excluding hydrogens is 234 g/mol. The van der Waals surface area contributed by atoms with E-state index in [1.54, 1.807) is 0 Å². The first-order valence-electron chi connectivity index (χ1n) is 6.47. The molecule has 1 aromatic heterocycles. The Hall–Kier alpha value is -2.42. The molecule has 0 N–H and O–H groups in total. The summed E-state index contributed by atoms with van der Waals surface area (Å²) in [6.07, 6.45) is 3.91. The molecule has 3 rings (SSSR count). The third-order valence-corrected chi connectivity index (χ3v) is 3.16. The molecule has 0 atom stereocenters. The van der Waals surface area contributed by atoms with Gasteiger partial charge in [-0.2, -0.15) is 0 Å². The Morgan fingerprint density at radius 2 is 1.79 bits per heavy atom. The lowest BCUT2D eigenvalue weighted by atomic mass is 10.2. The maximum absolute atomic E-state index is 4.54. The second-order valence-electron chi connectivity index (χ2n) is 4.39. The van der Waals surface area contributed by atoms with Crippen LogP contribution in [0.5, 0.6) is 0 Å². The third kappa shape index (κ3) is 2.27. The molecule has 0 radical (unpaired) electrons. The molecule has 0 spiro atoms. The van der Waals surface area contributed by atoms with Crippen molar-refractivity contribution in [2.24, 2.45) is 5.10 Å². The van der Waals surface area contributed by atoms with Crippen LogP contribution in [0.2, 0.25) is 0 Å². The van der Waals surface area contributed by atoms with Gasteiger partial charge in [-0.1, -0.05) is 52.2 Å². The Bertz CT molecular complexity index is 711. The molecule has 0 bridgehead atoms. The SMILES string of the molecule is CC[n+]1cn(N=Cc2ccccc2)c2ccccc21. The quantitative estimate of drug-likeness (QED) is 0.503. The first-order chi connectivity index (χ1) is 9.38. The lowest BCUT2D eigenvalue weighted by Crippen LogP contribution is -2.30. The van der Waals surface area contributed by atoms with Gasteiger partial charge >= 0.3 is 0 Å². The topological polar surface area (TPSA) is 21.2 Å². The summed E-state index contributed by atoms with van der Waals surface area (Å²) in [5, 5.41) is 4.54. The second-order valence-corrected chi connectivity index (χ2v) is 4.39. The summed E-state index contributed by atoms with van der Waals surface area (Å²) in [7, 11) is 0. The van der Waals surface area contributed by atoms with Crippen LogP contribution >= 0.6 is 0 Å². The highest BCUT2D eigenvalue weighted by Gasteiger charge is 2.12. The first kappa shape index (κ1) is 11.7. The Morgan fingerprint density at radius 3 is 2.58 bits per heavy atom. The lowest BCUT2D eigenvalue weighted by Gasteiger charge is -1.89. The maximum atomic E-state index is 4.54. The van der Waals surface area contributed by atoms with E-state index in [0.29, 0.717) is 0 Å². The largest absolute Gasteiger partial charge is 0.270 e. The van der Waals surface area contributed by atoms with Crippen LogP contribution in [-0.4, -0.2) is 10.9 Å². The minimum atomic E-state index is 0.939. The summed E-state index contributed by atoms with van der Waals surface area (Å²) in [6, 6.07) is 18.4. The molecule has 0 aliphatic rings. The molecule has 1 heterocycles. The predicted octanol–water partition coefficient (Wildman–Crippen LogP) is 2.83. The number of para-hydroxylation sites is 2. The molecule has 94 valence electrons. The van der Waals surface area contributed by atoms with Gasteiger partial charge in [0.15, 0.2) is 5.52 Å². The zero-order valence-electron chi connectivity index (χ0n) is 10.9. The van der Waals surface area contributed by atoms with E-state index in [1.807, 2.05) is 53.6 Å². The number of hydrogen-bond acceptors (Lipinski definition) is 1. The lowest BCUT2D eigenvalue weighted by molar-refractivity contribution is -0.668. The van der Waals surface area contributed by atoms with Crippen LogP contribution in [0.1, 0.15) is 12.5 Å². The van der Waals surface area contributed by atoms with E-state index in [0.717, 1.165) is 17.6 Å². The average molecular weight is 250 g/mol. The molecule has 2 aromatic carbocycles. The van der Waals surface area contributed by atoms with Crippen LogP contribution in [0.15, 0.2) is 66.0 Å². The Balaban J connectivity index is 2.04. The molecule has 3 nitrogen and oxygen atoms in total. The average Bonchev–Trinajstić information content (AvgIpc) is 2.84. The molecule has 0 saturated heterocycles. The highest BCUT2D eigenvalue weighted by atomic mass is 15.4. The number of benzene rings is 2. The third-order valence-electron chi connectivity index (χ3n) is 3.16. The molecule has 19 heavy (non-hydrogen) atoms. The zero-order chi connectivity index (χ0) is 13.1. The number of rotatable bonds is 3. The van der Waals surface area contributed by atoms with E-state index < -0.39 is 0 Å². The number of nitrogens with zero attached hydrogens (tertiary/aromatic N) is 3. The molecule has 3 heteroatoms. The number of hydrogen-bond donors (Lipinski definition) is 0. The fourth-order valence-electron chi connectivity index (χ4n) is 2.17. The van der Waals surface area contributed by atoms with E-state index in [-0.39, 0.29) is 0 Å². The highest BCUT2D eigenvalue weighted by molar-refractivity contribution is 5.80. The second kappa shape index (κ2) is 5.06.